The van der Waals surface area contributed by atoms with E-state index in [1.807, 2.05) is 24.3 Å². The maximum atomic E-state index is 11.7. The summed E-state index contributed by atoms with van der Waals surface area (Å²) in [6.45, 7) is 1.04. The van der Waals surface area contributed by atoms with Gasteiger partial charge in [-0.2, -0.15) is 0 Å². The molecule has 23 heavy (non-hydrogen) atoms. The van der Waals surface area contributed by atoms with E-state index in [1.54, 1.807) is 25.5 Å². The zero-order valence-electron chi connectivity index (χ0n) is 12.8. The Kier molecular flexibility index (Phi) is 6.43. The van der Waals surface area contributed by atoms with Crippen LogP contribution in [0.5, 0.6) is 5.75 Å². The fraction of sp³-hybridized carbons (Fsp3) is 0.250. The Morgan fingerprint density at radius 2 is 1.91 bits per heavy atom. The highest BCUT2D eigenvalue weighted by Gasteiger charge is 2.04. The van der Waals surface area contributed by atoms with Gasteiger partial charge in [-0.3, -0.25) is 4.79 Å². The second-order valence-electron chi connectivity index (χ2n) is 4.74. The second kappa shape index (κ2) is 8.79. The molecule has 0 aliphatic heterocycles. The van der Waals surface area contributed by atoms with Gasteiger partial charge in [0, 0.05) is 6.54 Å². The van der Waals surface area contributed by atoms with Crippen molar-refractivity contribution in [2.24, 2.45) is 0 Å². The Balaban J connectivity index is 1.63. The van der Waals surface area contributed by atoms with Crippen LogP contribution in [0.15, 0.2) is 47.1 Å². The van der Waals surface area contributed by atoms with E-state index in [4.69, 9.17) is 21.4 Å². The van der Waals surface area contributed by atoms with Gasteiger partial charge in [-0.15, -0.1) is 0 Å². The van der Waals surface area contributed by atoms with Crippen LogP contribution >= 0.6 is 12.2 Å². The predicted octanol–water partition coefficient (Wildman–Crippen LogP) is 1.57. The van der Waals surface area contributed by atoms with E-state index in [1.165, 1.54) is 0 Å². The lowest BCUT2D eigenvalue weighted by molar-refractivity contribution is -0.120. The number of thiocarbonyl (C=S) groups is 1. The first-order valence-electron chi connectivity index (χ1n) is 7.11. The number of hydrogen-bond acceptors (Lipinski definition) is 4. The van der Waals surface area contributed by atoms with Crippen LogP contribution in [0.3, 0.4) is 0 Å². The molecule has 1 aromatic carbocycles. The molecule has 1 amide bonds. The summed E-state index contributed by atoms with van der Waals surface area (Å²) in [5.74, 6) is 1.36. The smallest absolute Gasteiger partial charge is 0.239 e. The summed E-state index contributed by atoms with van der Waals surface area (Å²) in [5.41, 5.74) is 1.07. The fourth-order valence-corrected chi connectivity index (χ4v) is 1.95. The number of carbonyl (C=O) groups is 1. The lowest BCUT2D eigenvalue weighted by atomic mass is 10.2. The van der Waals surface area contributed by atoms with Crippen molar-refractivity contribution in [2.75, 3.05) is 13.7 Å². The lowest BCUT2D eigenvalue weighted by Gasteiger charge is -2.11. The third-order valence-corrected chi connectivity index (χ3v) is 3.35. The van der Waals surface area contributed by atoms with E-state index in [0.717, 1.165) is 11.3 Å². The maximum absolute atomic E-state index is 11.7. The third-order valence-electron chi connectivity index (χ3n) is 3.06. The zero-order chi connectivity index (χ0) is 16.5. The summed E-state index contributed by atoms with van der Waals surface area (Å²) in [7, 11) is 1.63. The van der Waals surface area contributed by atoms with Crippen LogP contribution in [-0.2, 0) is 17.9 Å². The van der Waals surface area contributed by atoms with Gasteiger partial charge in [-0.05, 0) is 42.0 Å². The summed E-state index contributed by atoms with van der Waals surface area (Å²) < 4.78 is 10.2. The molecule has 2 rings (SSSR count). The molecule has 1 aromatic heterocycles. The third kappa shape index (κ3) is 5.99. The first kappa shape index (κ1) is 16.8. The van der Waals surface area contributed by atoms with Gasteiger partial charge in [0.2, 0.25) is 5.91 Å². The number of methoxy groups -OCH3 is 1. The maximum Gasteiger partial charge on any atom is 0.239 e. The van der Waals surface area contributed by atoms with Crippen LogP contribution < -0.4 is 20.7 Å². The molecule has 0 fully saturated rings. The van der Waals surface area contributed by atoms with Crippen LogP contribution in [0.25, 0.3) is 0 Å². The minimum absolute atomic E-state index is 0.106. The van der Waals surface area contributed by atoms with Crippen LogP contribution in [-0.4, -0.2) is 24.7 Å². The Morgan fingerprint density at radius 1 is 1.13 bits per heavy atom. The topological polar surface area (TPSA) is 75.5 Å². The van der Waals surface area contributed by atoms with Crippen LogP contribution in [0.4, 0.5) is 0 Å². The number of furan rings is 1. The van der Waals surface area contributed by atoms with Gasteiger partial charge < -0.3 is 25.1 Å². The zero-order valence-corrected chi connectivity index (χ0v) is 13.6. The summed E-state index contributed by atoms with van der Waals surface area (Å²) >= 11 is 5.14. The number of ether oxygens (including phenoxy) is 1. The van der Waals surface area contributed by atoms with Crippen LogP contribution in [0.1, 0.15) is 11.3 Å². The molecule has 0 unspecified atom stereocenters. The monoisotopic (exact) mass is 333 g/mol. The molecule has 122 valence electrons. The highest BCUT2D eigenvalue weighted by atomic mass is 32.1. The fourth-order valence-electron chi connectivity index (χ4n) is 1.81. The Morgan fingerprint density at radius 3 is 2.57 bits per heavy atom. The standard InChI is InChI=1S/C16H19N3O3S/c1-21-13-6-4-12(5-7-13)9-18-16(23)19-11-15(20)17-10-14-3-2-8-22-14/h2-8H,9-11H2,1H3,(H,17,20)(H2,18,19,23). The molecule has 0 radical (unpaired) electrons. The molecule has 0 saturated heterocycles. The van der Waals surface area contributed by atoms with E-state index in [-0.39, 0.29) is 12.5 Å². The molecule has 0 saturated carbocycles. The molecule has 0 spiro atoms. The first-order valence-corrected chi connectivity index (χ1v) is 7.52. The minimum atomic E-state index is -0.157. The molecule has 2 aromatic rings. The Labute approximate surface area is 140 Å². The van der Waals surface area contributed by atoms with E-state index in [2.05, 4.69) is 16.0 Å². The quantitative estimate of drug-likeness (QED) is 0.668. The van der Waals surface area contributed by atoms with Gasteiger partial charge in [0.1, 0.15) is 11.5 Å². The largest absolute Gasteiger partial charge is 0.497 e. The lowest BCUT2D eigenvalue weighted by Crippen LogP contribution is -2.41. The summed E-state index contributed by atoms with van der Waals surface area (Å²) in [6.07, 6.45) is 1.57. The summed E-state index contributed by atoms with van der Waals surface area (Å²) in [5, 5.41) is 9.06. The molecule has 6 nitrogen and oxygen atoms in total. The minimum Gasteiger partial charge on any atom is -0.497 e. The van der Waals surface area contributed by atoms with Gasteiger partial charge >= 0.3 is 0 Å². The number of carbonyl (C=O) groups excluding carboxylic acids is 1. The second-order valence-corrected chi connectivity index (χ2v) is 5.15. The molecule has 0 aliphatic carbocycles. The van der Waals surface area contributed by atoms with Gasteiger partial charge in [0.05, 0.1) is 26.5 Å². The van der Waals surface area contributed by atoms with Gasteiger partial charge in [0.25, 0.3) is 0 Å². The molecular formula is C16H19N3O3S. The molecule has 0 atom stereocenters. The molecular weight excluding hydrogens is 314 g/mol. The normalized spacial score (nSPS) is 9.96. The number of benzene rings is 1. The number of amides is 1. The summed E-state index contributed by atoms with van der Waals surface area (Å²) in [4.78, 5) is 11.7. The number of hydrogen-bond donors (Lipinski definition) is 3. The van der Waals surface area contributed by atoms with Crippen LogP contribution in [0.2, 0.25) is 0 Å². The highest BCUT2D eigenvalue weighted by molar-refractivity contribution is 7.80. The van der Waals surface area contributed by atoms with Crippen molar-refractivity contribution < 1.29 is 13.9 Å². The average molecular weight is 333 g/mol. The van der Waals surface area contributed by atoms with E-state index in [0.29, 0.717) is 24.0 Å². The predicted molar refractivity (Wildman–Crippen MR) is 91.0 cm³/mol. The molecule has 3 N–H and O–H groups in total. The van der Waals surface area contributed by atoms with Crippen molar-refractivity contribution >= 4 is 23.2 Å². The number of rotatable bonds is 7. The van der Waals surface area contributed by atoms with Crippen molar-refractivity contribution in [2.45, 2.75) is 13.1 Å². The molecule has 0 bridgehead atoms. The van der Waals surface area contributed by atoms with Crippen molar-refractivity contribution in [1.29, 1.82) is 0 Å². The SMILES string of the molecule is COc1ccc(CNC(=S)NCC(=O)NCc2ccco2)cc1. The molecule has 7 heteroatoms. The van der Waals surface area contributed by atoms with Crippen molar-refractivity contribution in [3.8, 4) is 5.75 Å². The Bertz CT molecular complexity index is 627. The average Bonchev–Trinajstić information content (AvgIpc) is 3.10. The van der Waals surface area contributed by atoms with Crippen molar-refractivity contribution in [3.05, 3.63) is 54.0 Å². The van der Waals surface area contributed by atoms with E-state index >= 15 is 0 Å². The van der Waals surface area contributed by atoms with Gasteiger partial charge in [-0.1, -0.05) is 12.1 Å². The van der Waals surface area contributed by atoms with Crippen LogP contribution in [0, 0.1) is 0 Å². The van der Waals surface area contributed by atoms with Crippen molar-refractivity contribution in [1.82, 2.24) is 16.0 Å². The molecule has 0 aliphatic rings. The first-order chi connectivity index (χ1) is 11.2. The highest BCUT2D eigenvalue weighted by Crippen LogP contribution is 2.10. The van der Waals surface area contributed by atoms with Gasteiger partial charge in [-0.25, -0.2) is 0 Å². The van der Waals surface area contributed by atoms with Gasteiger partial charge in [0.15, 0.2) is 5.11 Å². The van der Waals surface area contributed by atoms with Crippen molar-refractivity contribution in [3.63, 3.8) is 0 Å². The molecule has 1 heterocycles. The van der Waals surface area contributed by atoms with E-state index in [9.17, 15) is 4.79 Å². The Hall–Kier alpha value is -2.54. The number of nitrogens with one attached hydrogen (secondary N) is 3. The summed E-state index contributed by atoms with van der Waals surface area (Å²) in [6, 6.07) is 11.2. The van der Waals surface area contributed by atoms with E-state index < -0.39 is 0 Å².